The van der Waals surface area contributed by atoms with Crippen LogP contribution in [0, 0.1) is 5.82 Å². The van der Waals surface area contributed by atoms with Gasteiger partial charge in [0.2, 0.25) is 0 Å². The van der Waals surface area contributed by atoms with Crippen LogP contribution in [0.3, 0.4) is 0 Å². The maximum absolute atomic E-state index is 12.9. The third-order valence-electron chi connectivity index (χ3n) is 1.54. The first-order valence-electron chi connectivity index (χ1n) is 4.00. The van der Waals surface area contributed by atoms with Gasteiger partial charge in [-0.05, 0) is 28.1 Å². The summed E-state index contributed by atoms with van der Waals surface area (Å²) in [6.45, 7) is -0.434. The predicted molar refractivity (Wildman–Crippen MR) is 52.7 cm³/mol. The second-order valence-electron chi connectivity index (χ2n) is 2.72. The molecule has 1 aromatic rings. The largest absolute Gasteiger partial charge is 0.491 e. The normalized spacial score (nSPS) is 12.6. The number of hydrogen-bond donors (Lipinski definition) is 2. The molecule has 0 aliphatic heterocycles. The highest BCUT2D eigenvalue weighted by atomic mass is 79.9. The molecule has 0 aromatic heterocycles. The highest BCUT2D eigenvalue weighted by Gasteiger charge is 2.05. The van der Waals surface area contributed by atoms with Crippen LogP contribution in [0.4, 0.5) is 4.39 Å². The first-order valence-corrected chi connectivity index (χ1v) is 4.79. The van der Waals surface area contributed by atoms with Crippen molar-refractivity contribution in [3.63, 3.8) is 0 Å². The predicted octanol–water partition coefficient (Wildman–Crippen LogP) is 1.32. The quantitative estimate of drug-likeness (QED) is 0.863. The summed E-state index contributed by atoms with van der Waals surface area (Å²) >= 11 is 3.00. The topological polar surface area (TPSA) is 49.7 Å². The van der Waals surface area contributed by atoms with Gasteiger partial charge in [0.1, 0.15) is 24.3 Å². The van der Waals surface area contributed by atoms with E-state index in [1.54, 1.807) is 6.07 Å². The van der Waals surface area contributed by atoms with Gasteiger partial charge in [0.25, 0.3) is 0 Å². The number of aliphatic hydroxyl groups is 2. The van der Waals surface area contributed by atoms with Gasteiger partial charge in [0.05, 0.1) is 11.1 Å². The molecule has 0 radical (unpaired) electrons. The zero-order valence-corrected chi connectivity index (χ0v) is 8.87. The highest BCUT2D eigenvalue weighted by molar-refractivity contribution is 9.10. The van der Waals surface area contributed by atoms with Crippen molar-refractivity contribution in [3.05, 3.63) is 28.5 Å². The number of hydrogen-bond acceptors (Lipinski definition) is 3. The van der Waals surface area contributed by atoms with E-state index in [-0.39, 0.29) is 13.2 Å². The van der Waals surface area contributed by atoms with Crippen molar-refractivity contribution in [2.75, 3.05) is 13.2 Å². The lowest BCUT2D eigenvalue weighted by Gasteiger charge is -2.09. The van der Waals surface area contributed by atoms with Crippen molar-refractivity contribution in [1.82, 2.24) is 0 Å². The van der Waals surface area contributed by atoms with Crippen LogP contribution in [0.25, 0.3) is 0 Å². The molecule has 5 heteroatoms. The summed E-state index contributed by atoms with van der Waals surface area (Å²) in [5, 5.41) is 17.5. The third kappa shape index (κ3) is 3.25. The molecule has 14 heavy (non-hydrogen) atoms. The number of halogens is 2. The first-order chi connectivity index (χ1) is 6.63. The van der Waals surface area contributed by atoms with Gasteiger partial charge in [-0.15, -0.1) is 0 Å². The molecule has 0 bridgehead atoms. The van der Waals surface area contributed by atoms with Crippen LogP contribution in [0.5, 0.6) is 5.75 Å². The van der Waals surface area contributed by atoms with E-state index in [0.29, 0.717) is 10.2 Å². The lowest BCUT2D eigenvalue weighted by atomic mass is 10.3. The second kappa shape index (κ2) is 5.29. The zero-order chi connectivity index (χ0) is 10.6. The second-order valence-corrected chi connectivity index (χ2v) is 3.58. The molecular formula is C9H10BrFO3. The van der Waals surface area contributed by atoms with Gasteiger partial charge < -0.3 is 14.9 Å². The van der Waals surface area contributed by atoms with E-state index < -0.39 is 11.9 Å². The van der Waals surface area contributed by atoms with Gasteiger partial charge in [-0.2, -0.15) is 0 Å². The molecular weight excluding hydrogens is 255 g/mol. The van der Waals surface area contributed by atoms with Crippen LogP contribution in [0.2, 0.25) is 0 Å². The van der Waals surface area contributed by atoms with Gasteiger partial charge in [-0.1, -0.05) is 0 Å². The van der Waals surface area contributed by atoms with Crippen molar-refractivity contribution in [1.29, 1.82) is 0 Å². The molecule has 0 aliphatic rings. The van der Waals surface area contributed by atoms with E-state index in [4.69, 9.17) is 14.9 Å². The number of benzene rings is 1. The SMILES string of the molecule is OCC(O)COc1ccc(Br)c(F)c1. The Morgan fingerprint density at radius 2 is 2.21 bits per heavy atom. The Balaban J connectivity index is 2.55. The molecule has 0 fully saturated rings. The van der Waals surface area contributed by atoms with Gasteiger partial charge >= 0.3 is 0 Å². The molecule has 1 aromatic carbocycles. The van der Waals surface area contributed by atoms with Crippen LogP contribution in [-0.2, 0) is 0 Å². The maximum atomic E-state index is 12.9. The van der Waals surface area contributed by atoms with E-state index in [2.05, 4.69) is 15.9 Å². The molecule has 1 unspecified atom stereocenters. The molecule has 0 heterocycles. The molecule has 2 N–H and O–H groups in total. The molecule has 0 spiro atoms. The molecule has 0 aliphatic carbocycles. The summed E-state index contributed by atoms with van der Waals surface area (Å²) in [7, 11) is 0. The average molecular weight is 265 g/mol. The summed E-state index contributed by atoms with van der Waals surface area (Å²) in [4.78, 5) is 0. The average Bonchev–Trinajstić information content (AvgIpc) is 2.19. The highest BCUT2D eigenvalue weighted by Crippen LogP contribution is 2.20. The van der Waals surface area contributed by atoms with E-state index in [1.807, 2.05) is 0 Å². The Bertz CT molecular complexity index is 306. The standard InChI is InChI=1S/C9H10BrFO3/c10-8-2-1-7(3-9(8)11)14-5-6(13)4-12/h1-3,6,12-13H,4-5H2. The van der Waals surface area contributed by atoms with Gasteiger partial charge in [0.15, 0.2) is 0 Å². The molecule has 1 atom stereocenters. The van der Waals surface area contributed by atoms with Crippen molar-refractivity contribution in [2.24, 2.45) is 0 Å². The third-order valence-corrected chi connectivity index (χ3v) is 2.19. The van der Waals surface area contributed by atoms with Gasteiger partial charge in [-0.25, -0.2) is 4.39 Å². The maximum Gasteiger partial charge on any atom is 0.141 e. The van der Waals surface area contributed by atoms with E-state index in [1.165, 1.54) is 12.1 Å². The summed E-state index contributed by atoms with van der Waals surface area (Å²) in [5.41, 5.74) is 0. The van der Waals surface area contributed by atoms with E-state index in [0.717, 1.165) is 0 Å². The molecule has 0 saturated heterocycles. The van der Waals surface area contributed by atoms with Crippen LogP contribution in [0.1, 0.15) is 0 Å². The minimum Gasteiger partial charge on any atom is -0.491 e. The number of aliphatic hydroxyl groups excluding tert-OH is 2. The fourth-order valence-electron chi connectivity index (χ4n) is 0.812. The lowest BCUT2D eigenvalue weighted by molar-refractivity contribution is 0.0535. The van der Waals surface area contributed by atoms with E-state index >= 15 is 0 Å². The fourth-order valence-corrected chi connectivity index (χ4v) is 1.06. The smallest absolute Gasteiger partial charge is 0.141 e. The van der Waals surface area contributed by atoms with Crippen molar-refractivity contribution < 1.29 is 19.3 Å². The van der Waals surface area contributed by atoms with Crippen LogP contribution >= 0.6 is 15.9 Å². The van der Waals surface area contributed by atoms with Crippen molar-refractivity contribution in [2.45, 2.75) is 6.10 Å². The summed E-state index contributed by atoms with van der Waals surface area (Å²) in [6, 6.07) is 4.28. The molecule has 1 rings (SSSR count). The number of ether oxygens (including phenoxy) is 1. The Kier molecular flexibility index (Phi) is 4.31. The van der Waals surface area contributed by atoms with Crippen LogP contribution < -0.4 is 4.74 Å². The number of rotatable bonds is 4. The Labute approximate surface area is 89.3 Å². The summed E-state index contributed by atoms with van der Waals surface area (Å²) in [5.74, 6) is -0.112. The van der Waals surface area contributed by atoms with Crippen molar-refractivity contribution in [3.8, 4) is 5.75 Å². The van der Waals surface area contributed by atoms with Crippen LogP contribution in [-0.4, -0.2) is 29.5 Å². The van der Waals surface area contributed by atoms with Crippen LogP contribution in [0.15, 0.2) is 22.7 Å². The van der Waals surface area contributed by atoms with Crippen molar-refractivity contribution >= 4 is 15.9 Å². The van der Waals surface area contributed by atoms with Gasteiger partial charge in [0, 0.05) is 6.07 Å². The molecule has 0 saturated carbocycles. The summed E-state index contributed by atoms with van der Waals surface area (Å²) in [6.07, 6.45) is -0.943. The molecule has 0 amide bonds. The van der Waals surface area contributed by atoms with Gasteiger partial charge in [-0.3, -0.25) is 0 Å². The lowest BCUT2D eigenvalue weighted by Crippen LogP contribution is -2.21. The fraction of sp³-hybridized carbons (Fsp3) is 0.333. The molecule has 3 nitrogen and oxygen atoms in total. The first kappa shape index (κ1) is 11.4. The Morgan fingerprint density at radius 1 is 1.50 bits per heavy atom. The monoisotopic (exact) mass is 264 g/mol. The Hall–Kier alpha value is -0.650. The zero-order valence-electron chi connectivity index (χ0n) is 7.28. The Morgan fingerprint density at radius 3 is 2.79 bits per heavy atom. The van der Waals surface area contributed by atoms with E-state index in [9.17, 15) is 4.39 Å². The molecule has 78 valence electrons. The summed E-state index contributed by atoms with van der Waals surface area (Å²) < 4.78 is 18.3. The minimum atomic E-state index is -0.943. The minimum absolute atomic E-state index is 0.0580.